The number of pyridine rings is 1. The first-order valence-corrected chi connectivity index (χ1v) is 6.38. The fraction of sp³-hybridized carbons (Fsp3) is 0.100. The zero-order valence-corrected chi connectivity index (χ0v) is 9.99. The maximum absolute atomic E-state index is 12.4. The smallest absolute Gasteiger partial charge is 0.417 e. The number of sulfonamides is 1. The first-order chi connectivity index (χ1) is 8.69. The predicted molar refractivity (Wildman–Crippen MR) is 58.3 cm³/mol. The van der Waals surface area contributed by atoms with Crippen LogP contribution in [-0.2, 0) is 16.2 Å². The Balaban J connectivity index is 2.48. The highest BCUT2D eigenvalue weighted by Gasteiger charge is 2.31. The lowest BCUT2D eigenvalue weighted by Crippen LogP contribution is -2.12. The van der Waals surface area contributed by atoms with E-state index in [1.54, 1.807) is 0 Å². The van der Waals surface area contributed by atoms with Crippen molar-refractivity contribution in [3.8, 4) is 11.3 Å². The molecule has 0 spiro atoms. The summed E-state index contributed by atoms with van der Waals surface area (Å²) in [5.41, 5.74) is -0.904. The highest BCUT2D eigenvalue weighted by molar-refractivity contribution is 7.89. The van der Waals surface area contributed by atoms with E-state index in [4.69, 9.17) is 9.56 Å². The maximum Gasteiger partial charge on any atom is 0.417 e. The number of furan rings is 1. The molecular formula is C10H7F3N2O3S. The first kappa shape index (κ1) is 13.6. The van der Waals surface area contributed by atoms with E-state index in [1.807, 2.05) is 0 Å². The minimum atomic E-state index is -4.51. The van der Waals surface area contributed by atoms with Crippen LogP contribution in [0.25, 0.3) is 11.3 Å². The lowest BCUT2D eigenvalue weighted by Gasteiger charge is -2.06. The molecule has 2 aromatic heterocycles. The van der Waals surface area contributed by atoms with E-state index in [0.717, 1.165) is 18.4 Å². The Morgan fingerprint density at radius 2 is 1.89 bits per heavy atom. The zero-order valence-electron chi connectivity index (χ0n) is 9.18. The van der Waals surface area contributed by atoms with Crippen LogP contribution in [0.15, 0.2) is 40.2 Å². The summed E-state index contributed by atoms with van der Waals surface area (Å²) in [5.74, 6) is 0. The summed E-state index contributed by atoms with van der Waals surface area (Å²) in [6.07, 6.45) is -2.84. The summed E-state index contributed by atoms with van der Waals surface area (Å²) in [6.45, 7) is 0. The van der Waals surface area contributed by atoms with E-state index in [1.165, 1.54) is 6.07 Å². The normalized spacial score (nSPS) is 12.6. The molecule has 0 atom stereocenters. The molecule has 0 aliphatic heterocycles. The van der Waals surface area contributed by atoms with E-state index in [0.29, 0.717) is 6.20 Å². The van der Waals surface area contributed by atoms with Crippen LogP contribution >= 0.6 is 0 Å². The van der Waals surface area contributed by atoms with Gasteiger partial charge in [0.15, 0.2) is 0 Å². The third kappa shape index (κ3) is 2.76. The fourth-order valence-electron chi connectivity index (χ4n) is 1.43. The molecule has 0 aliphatic carbocycles. The molecule has 2 heterocycles. The molecule has 0 saturated heterocycles. The predicted octanol–water partition coefficient (Wildman–Crippen LogP) is 2.01. The van der Waals surface area contributed by atoms with Gasteiger partial charge in [-0.15, -0.1) is 0 Å². The van der Waals surface area contributed by atoms with E-state index in [2.05, 4.69) is 4.98 Å². The standard InChI is InChI=1S/C10H7F3N2O3S/c11-10(12,13)6-1-2-8(15-5-6)7-3-4-18-9(7)19(14,16)17/h1-5H,(H2,14,16,17). The van der Waals surface area contributed by atoms with Crippen LogP contribution in [0.2, 0.25) is 0 Å². The van der Waals surface area contributed by atoms with Gasteiger partial charge in [-0.25, -0.2) is 13.6 Å². The summed E-state index contributed by atoms with van der Waals surface area (Å²) in [4.78, 5) is 3.56. The lowest BCUT2D eigenvalue weighted by molar-refractivity contribution is -0.137. The monoisotopic (exact) mass is 292 g/mol. The van der Waals surface area contributed by atoms with Crippen molar-refractivity contribution < 1.29 is 26.0 Å². The second-order valence-electron chi connectivity index (χ2n) is 3.60. The van der Waals surface area contributed by atoms with Gasteiger partial charge < -0.3 is 4.42 Å². The number of halogens is 3. The number of alkyl halides is 3. The Kier molecular flexibility index (Phi) is 3.11. The average molecular weight is 292 g/mol. The summed E-state index contributed by atoms with van der Waals surface area (Å²) in [5, 5.41) is 4.37. The van der Waals surface area contributed by atoms with Gasteiger partial charge in [0, 0.05) is 6.20 Å². The van der Waals surface area contributed by atoms with Gasteiger partial charge in [0.05, 0.1) is 23.1 Å². The number of hydrogen-bond acceptors (Lipinski definition) is 4. The molecular weight excluding hydrogens is 285 g/mol. The topological polar surface area (TPSA) is 86.2 Å². The molecule has 0 unspecified atom stereocenters. The number of hydrogen-bond donors (Lipinski definition) is 1. The van der Waals surface area contributed by atoms with Gasteiger partial charge in [0.1, 0.15) is 0 Å². The molecule has 0 radical (unpaired) electrons. The van der Waals surface area contributed by atoms with Gasteiger partial charge in [-0.05, 0) is 18.2 Å². The molecule has 5 nitrogen and oxygen atoms in total. The van der Waals surface area contributed by atoms with Crippen molar-refractivity contribution in [1.29, 1.82) is 0 Å². The van der Waals surface area contributed by atoms with Crippen LogP contribution in [0.3, 0.4) is 0 Å². The van der Waals surface area contributed by atoms with E-state index in [-0.39, 0.29) is 11.3 Å². The summed E-state index contributed by atoms with van der Waals surface area (Å²) < 4.78 is 64.2. The Morgan fingerprint density at radius 3 is 2.37 bits per heavy atom. The number of primary sulfonamides is 1. The van der Waals surface area contributed by atoms with Gasteiger partial charge in [-0.1, -0.05) is 0 Å². The Bertz CT molecular complexity index is 690. The third-order valence-electron chi connectivity index (χ3n) is 2.25. The molecule has 102 valence electrons. The molecule has 0 fully saturated rings. The van der Waals surface area contributed by atoms with Crippen LogP contribution in [0.5, 0.6) is 0 Å². The minimum absolute atomic E-state index is 0.0104. The summed E-state index contributed by atoms with van der Waals surface area (Å²) in [7, 11) is -4.11. The van der Waals surface area contributed by atoms with E-state index < -0.39 is 26.9 Å². The molecule has 2 aromatic rings. The molecule has 0 bridgehead atoms. The van der Waals surface area contributed by atoms with Crippen LogP contribution in [0.1, 0.15) is 5.56 Å². The summed E-state index contributed by atoms with van der Waals surface area (Å²) >= 11 is 0. The lowest BCUT2D eigenvalue weighted by atomic mass is 10.2. The van der Waals surface area contributed by atoms with E-state index in [9.17, 15) is 21.6 Å². The van der Waals surface area contributed by atoms with Crippen molar-refractivity contribution in [1.82, 2.24) is 4.98 Å². The molecule has 9 heteroatoms. The zero-order chi connectivity index (χ0) is 14.3. The van der Waals surface area contributed by atoms with Gasteiger partial charge in [0.25, 0.3) is 10.0 Å². The quantitative estimate of drug-likeness (QED) is 0.917. The first-order valence-electron chi connectivity index (χ1n) is 4.83. The van der Waals surface area contributed by atoms with Crippen LogP contribution in [0.4, 0.5) is 13.2 Å². The van der Waals surface area contributed by atoms with Crippen molar-refractivity contribution in [2.75, 3.05) is 0 Å². The van der Waals surface area contributed by atoms with Gasteiger partial charge >= 0.3 is 6.18 Å². The maximum atomic E-state index is 12.4. The van der Waals surface area contributed by atoms with Gasteiger partial charge in [0.2, 0.25) is 5.09 Å². The molecule has 0 saturated carbocycles. The Morgan fingerprint density at radius 1 is 1.21 bits per heavy atom. The largest absolute Gasteiger partial charge is 0.451 e. The second-order valence-corrected chi connectivity index (χ2v) is 5.06. The van der Waals surface area contributed by atoms with Crippen molar-refractivity contribution in [3.63, 3.8) is 0 Å². The summed E-state index contributed by atoms with van der Waals surface area (Å²) in [6, 6.07) is 3.10. The number of nitrogens with zero attached hydrogens (tertiary/aromatic N) is 1. The highest BCUT2D eigenvalue weighted by Crippen LogP contribution is 2.31. The average Bonchev–Trinajstić information content (AvgIpc) is 2.76. The fourth-order valence-corrected chi connectivity index (χ4v) is 2.10. The van der Waals surface area contributed by atoms with Crippen molar-refractivity contribution >= 4 is 10.0 Å². The highest BCUT2D eigenvalue weighted by atomic mass is 32.2. The Labute approximate surface area is 105 Å². The van der Waals surface area contributed by atoms with Crippen molar-refractivity contribution in [2.24, 2.45) is 5.14 Å². The minimum Gasteiger partial charge on any atom is -0.451 e. The molecule has 0 amide bonds. The van der Waals surface area contributed by atoms with Crippen molar-refractivity contribution in [2.45, 2.75) is 11.3 Å². The molecule has 0 aromatic carbocycles. The van der Waals surface area contributed by atoms with Crippen LogP contribution in [0, 0.1) is 0 Å². The number of aromatic nitrogens is 1. The van der Waals surface area contributed by atoms with Crippen LogP contribution < -0.4 is 5.14 Å². The van der Waals surface area contributed by atoms with Crippen LogP contribution in [-0.4, -0.2) is 13.4 Å². The molecule has 19 heavy (non-hydrogen) atoms. The molecule has 2 rings (SSSR count). The van der Waals surface area contributed by atoms with Gasteiger partial charge in [-0.2, -0.15) is 13.2 Å². The second kappa shape index (κ2) is 4.35. The van der Waals surface area contributed by atoms with E-state index >= 15 is 0 Å². The number of rotatable bonds is 2. The molecule has 2 N–H and O–H groups in total. The van der Waals surface area contributed by atoms with Gasteiger partial charge in [-0.3, -0.25) is 4.98 Å². The third-order valence-corrected chi connectivity index (χ3v) is 3.09. The SMILES string of the molecule is NS(=O)(=O)c1occc1-c1ccc(C(F)(F)F)cn1. The van der Waals surface area contributed by atoms with Crippen molar-refractivity contribution in [3.05, 3.63) is 36.2 Å². The Hall–Kier alpha value is -1.87. The molecule has 0 aliphatic rings. The number of nitrogens with two attached hydrogens (primary N) is 1.